The van der Waals surface area contributed by atoms with E-state index in [4.69, 9.17) is 11.5 Å². The van der Waals surface area contributed by atoms with Crippen LogP contribution in [0, 0.1) is 0 Å². The summed E-state index contributed by atoms with van der Waals surface area (Å²) in [4.78, 5) is 187. The molecule has 0 saturated heterocycles. The van der Waals surface area contributed by atoms with E-state index in [1.54, 1.807) is 0 Å². The average Bonchev–Trinajstić information content (AvgIpc) is 3.34. The van der Waals surface area contributed by atoms with Crippen LogP contribution in [0.5, 0.6) is 0 Å². The van der Waals surface area contributed by atoms with Crippen molar-refractivity contribution in [3.8, 4) is 0 Å². The number of carboxylic acids is 10. The van der Waals surface area contributed by atoms with Gasteiger partial charge in [0.05, 0.1) is 59.0 Å². The van der Waals surface area contributed by atoms with E-state index in [-0.39, 0.29) is 52.4 Å². The molecule has 0 aromatic heterocycles. The molecule has 0 rings (SSSR count). The van der Waals surface area contributed by atoms with E-state index in [0.717, 1.165) is 24.5 Å². The van der Waals surface area contributed by atoms with Crippen LogP contribution in [-0.4, -0.2) is 325 Å². The molecule has 38 heteroatoms. The van der Waals surface area contributed by atoms with Gasteiger partial charge in [0, 0.05) is 91.3 Å². The number of aliphatic carboxylic acids is 10. The molecule has 0 spiro atoms. The lowest BCUT2D eigenvalue weighted by Crippen LogP contribution is -2.54. The summed E-state index contributed by atoms with van der Waals surface area (Å²) in [7, 11) is 0. The SMILES string of the molecule is NCNC(=O)C(CNC(=O)CC[C@@H](C(=O)O)N(CCN(CC(=O)O)CC(=O)O)CCN(CC(=O)O)CC(=O)O)NC(=O)CCNC(=O)C(N)CNC(=O)CC[C@@H](C(=O)O)N(CCN(CC(=O)O)CC(=O)O)CCN(CC(=O)O)CC(=O)O. The summed E-state index contributed by atoms with van der Waals surface area (Å²) in [5, 5.41) is 106. The standard InChI is InChI=1S/C44H73N13O25/c45-25-50-42(78)27(16-49-31(59)4-2-29(44(81)82)57(13-9-54(21-37(69)70)22-38(71)72)14-10-55(23-39(73)74)24-40(75)76)51-32(60)5-6-47-41(77)26(46)15-48-30(58)3-1-28(43(79)80)56(11-7-52(17-33(61)62)18-34(63)64)12-8-53(19-35(65)66)20-36(67)68/h26-29H,1-25,45-46H2,(H,47,77)(H,48,58)(H,49,59)(H,50,78)(H,51,60)(H,61,62)(H,63,64)(H,65,66)(H,67,68)(H,69,70)(H,71,72)(H,73,74)(H,75,76)(H,79,80)(H,81,82)/t26?,27?,28-,29-/m0/s1. The average molecular weight is 1180 g/mol. The first kappa shape index (κ1) is 73.7. The molecule has 0 bridgehead atoms. The summed E-state index contributed by atoms with van der Waals surface area (Å²) in [6, 6.07) is -6.10. The Morgan fingerprint density at radius 3 is 0.951 bits per heavy atom. The summed E-state index contributed by atoms with van der Waals surface area (Å²) in [6.07, 6.45) is -2.57. The Bertz CT molecular complexity index is 2080. The van der Waals surface area contributed by atoms with E-state index in [0.29, 0.717) is 0 Å². The molecular formula is C44H73N13O25. The first-order chi connectivity index (χ1) is 38.3. The zero-order valence-electron chi connectivity index (χ0n) is 44.4. The van der Waals surface area contributed by atoms with Gasteiger partial charge in [-0.05, 0) is 12.8 Å². The van der Waals surface area contributed by atoms with Crippen molar-refractivity contribution in [1.82, 2.24) is 56.0 Å². The second kappa shape index (κ2) is 40.0. The van der Waals surface area contributed by atoms with Gasteiger partial charge < -0.3 is 89.1 Å². The maximum Gasteiger partial charge on any atom is 0.320 e. The van der Waals surface area contributed by atoms with Crippen LogP contribution in [0.2, 0.25) is 0 Å². The topological polar surface area (TPSA) is 590 Å². The zero-order chi connectivity index (χ0) is 62.6. The monoisotopic (exact) mass is 1180 g/mol. The Morgan fingerprint density at radius 1 is 0.366 bits per heavy atom. The van der Waals surface area contributed by atoms with Gasteiger partial charge >= 0.3 is 59.7 Å². The number of nitrogens with two attached hydrogens (primary N) is 2. The molecule has 0 aliphatic rings. The van der Waals surface area contributed by atoms with Gasteiger partial charge in [0.1, 0.15) is 24.2 Å². The number of carbonyl (C=O) groups is 15. The number of carboxylic acid groups (broad SMARTS) is 10. The van der Waals surface area contributed by atoms with Crippen LogP contribution in [0.25, 0.3) is 0 Å². The van der Waals surface area contributed by atoms with Crippen LogP contribution in [0.3, 0.4) is 0 Å². The van der Waals surface area contributed by atoms with E-state index >= 15 is 0 Å². The van der Waals surface area contributed by atoms with Gasteiger partial charge in [-0.3, -0.25) is 101 Å². The molecule has 2 unspecified atom stereocenters. The Labute approximate surface area is 466 Å². The predicted molar refractivity (Wildman–Crippen MR) is 272 cm³/mol. The normalized spacial score (nSPS) is 12.7. The Balaban J connectivity index is 5.77. The third kappa shape index (κ3) is 35.4. The lowest BCUT2D eigenvalue weighted by Gasteiger charge is -2.32. The van der Waals surface area contributed by atoms with Gasteiger partial charge in [-0.25, -0.2) is 0 Å². The molecule has 0 aliphatic heterocycles. The Kier molecular flexibility index (Phi) is 36.0. The van der Waals surface area contributed by atoms with Crippen LogP contribution in [0.4, 0.5) is 0 Å². The van der Waals surface area contributed by atoms with E-state index in [9.17, 15) is 123 Å². The fourth-order valence-corrected chi connectivity index (χ4v) is 7.61. The number of carbonyl (C=O) groups excluding carboxylic acids is 5. The third-order valence-electron chi connectivity index (χ3n) is 11.4. The molecule has 19 N–H and O–H groups in total. The van der Waals surface area contributed by atoms with Crippen LogP contribution < -0.4 is 38.1 Å². The summed E-state index contributed by atoms with van der Waals surface area (Å²) in [5.74, 6) is -18.7. The number of nitrogens with one attached hydrogen (secondary N) is 5. The molecule has 0 aromatic carbocycles. The molecule has 0 radical (unpaired) electrons. The maximum atomic E-state index is 13.1. The van der Waals surface area contributed by atoms with Gasteiger partial charge in [-0.1, -0.05) is 0 Å². The maximum absolute atomic E-state index is 13.1. The van der Waals surface area contributed by atoms with E-state index in [1.165, 1.54) is 4.90 Å². The molecule has 0 aromatic rings. The van der Waals surface area contributed by atoms with Crippen LogP contribution in [0.15, 0.2) is 0 Å². The summed E-state index contributed by atoms with van der Waals surface area (Å²) >= 11 is 0. The molecule has 0 heterocycles. The van der Waals surface area contributed by atoms with Crippen LogP contribution >= 0.6 is 0 Å². The molecule has 0 saturated carbocycles. The largest absolute Gasteiger partial charge is 0.480 e. The molecule has 38 nitrogen and oxygen atoms in total. The number of amides is 5. The molecule has 0 fully saturated rings. The van der Waals surface area contributed by atoms with Crippen molar-refractivity contribution >= 4 is 89.2 Å². The van der Waals surface area contributed by atoms with Crippen molar-refractivity contribution < 1.29 is 123 Å². The fraction of sp³-hybridized carbons (Fsp3) is 0.659. The molecular weight excluding hydrogens is 1110 g/mol. The molecule has 464 valence electrons. The van der Waals surface area contributed by atoms with E-state index < -0.39 is 224 Å². The van der Waals surface area contributed by atoms with Crippen molar-refractivity contribution in [2.45, 2.75) is 56.3 Å². The minimum absolute atomic E-state index is 0.338. The molecule has 0 aliphatic carbocycles. The quantitative estimate of drug-likeness (QED) is 0.0252. The first-order valence-electron chi connectivity index (χ1n) is 24.7. The van der Waals surface area contributed by atoms with Crippen LogP contribution in [-0.2, 0) is 71.9 Å². The number of hydrogen-bond donors (Lipinski definition) is 17. The second-order valence-electron chi connectivity index (χ2n) is 18.0. The first-order valence-corrected chi connectivity index (χ1v) is 24.7. The molecule has 4 atom stereocenters. The fourth-order valence-electron chi connectivity index (χ4n) is 7.61. The Hall–Kier alpha value is -8.27. The van der Waals surface area contributed by atoms with Gasteiger partial charge in [0.15, 0.2) is 0 Å². The molecule has 5 amide bonds. The van der Waals surface area contributed by atoms with Gasteiger partial charge in [-0.2, -0.15) is 0 Å². The highest BCUT2D eigenvalue weighted by molar-refractivity contribution is 5.89. The second-order valence-corrected chi connectivity index (χ2v) is 18.0. The lowest BCUT2D eigenvalue weighted by molar-refractivity contribution is -0.146. The minimum atomic E-state index is -1.58. The summed E-state index contributed by atoms with van der Waals surface area (Å²) < 4.78 is 0. The summed E-state index contributed by atoms with van der Waals surface area (Å²) in [6.45, 7) is -10.9. The van der Waals surface area contributed by atoms with Gasteiger partial charge in [-0.15, -0.1) is 0 Å². The van der Waals surface area contributed by atoms with Gasteiger partial charge in [0.25, 0.3) is 0 Å². The van der Waals surface area contributed by atoms with Crippen molar-refractivity contribution in [1.29, 1.82) is 0 Å². The highest BCUT2D eigenvalue weighted by Crippen LogP contribution is 2.12. The summed E-state index contributed by atoms with van der Waals surface area (Å²) in [5.41, 5.74) is 11.3. The van der Waals surface area contributed by atoms with Gasteiger partial charge in [0.2, 0.25) is 29.5 Å². The predicted octanol–water partition coefficient (Wildman–Crippen LogP) is -9.47. The minimum Gasteiger partial charge on any atom is -0.480 e. The smallest absolute Gasteiger partial charge is 0.320 e. The Morgan fingerprint density at radius 2 is 0.671 bits per heavy atom. The third-order valence-corrected chi connectivity index (χ3v) is 11.4. The van der Waals surface area contributed by atoms with Crippen molar-refractivity contribution in [3.63, 3.8) is 0 Å². The number of hydrogen-bond acceptors (Lipinski definition) is 23. The van der Waals surface area contributed by atoms with Crippen LogP contribution in [0.1, 0.15) is 32.1 Å². The highest BCUT2D eigenvalue weighted by atomic mass is 16.4. The van der Waals surface area contributed by atoms with Crippen molar-refractivity contribution in [2.24, 2.45) is 11.5 Å². The van der Waals surface area contributed by atoms with E-state index in [2.05, 4.69) is 26.6 Å². The zero-order valence-corrected chi connectivity index (χ0v) is 44.4. The number of rotatable bonds is 49. The van der Waals surface area contributed by atoms with Crippen molar-refractivity contribution in [3.05, 3.63) is 0 Å². The lowest BCUT2D eigenvalue weighted by atomic mass is 10.1. The number of nitrogens with zero attached hydrogens (tertiary/aromatic N) is 6. The van der Waals surface area contributed by atoms with Crippen molar-refractivity contribution in [2.75, 3.05) is 131 Å². The highest BCUT2D eigenvalue weighted by Gasteiger charge is 2.31. The van der Waals surface area contributed by atoms with E-state index in [1.807, 2.05) is 0 Å². The molecule has 82 heavy (non-hydrogen) atoms.